The largest absolute Gasteiger partial charge is 0.315 e. The molecule has 0 radical (unpaired) electrons. The van der Waals surface area contributed by atoms with Crippen molar-refractivity contribution < 1.29 is 4.79 Å². The maximum atomic E-state index is 12.4. The molecule has 0 fully saturated rings. The number of thiazole rings is 1. The number of benzene rings is 2. The number of hydrogen-bond acceptors (Lipinski definition) is 6. The summed E-state index contributed by atoms with van der Waals surface area (Å²) in [6.07, 6.45) is 9.63. The van der Waals surface area contributed by atoms with E-state index in [1.807, 2.05) is 47.5 Å². The molecule has 1 N–H and O–H groups in total. The van der Waals surface area contributed by atoms with Gasteiger partial charge in [-0.3, -0.25) is 15.2 Å². The molecule has 3 heterocycles. The summed E-state index contributed by atoms with van der Waals surface area (Å²) in [5.74, 6) is 0.0923. The van der Waals surface area contributed by atoms with E-state index in [0.717, 1.165) is 30.5 Å². The highest BCUT2D eigenvalue weighted by Gasteiger charge is 2.39. The zero-order valence-corrected chi connectivity index (χ0v) is 24.5. The van der Waals surface area contributed by atoms with E-state index in [1.54, 1.807) is 10.6 Å². The van der Waals surface area contributed by atoms with Gasteiger partial charge in [-0.2, -0.15) is 0 Å². The second kappa shape index (κ2) is 11.3. The van der Waals surface area contributed by atoms with Gasteiger partial charge in [0.1, 0.15) is 0 Å². The average Bonchev–Trinajstić information content (AvgIpc) is 3.62. The Labute approximate surface area is 239 Å². The van der Waals surface area contributed by atoms with Gasteiger partial charge in [-0.1, -0.05) is 71.4 Å². The Bertz CT molecular complexity index is 1490. The van der Waals surface area contributed by atoms with Crippen LogP contribution in [-0.4, -0.2) is 27.0 Å². The van der Waals surface area contributed by atoms with Crippen molar-refractivity contribution in [3.63, 3.8) is 0 Å². The third-order valence-corrected chi connectivity index (χ3v) is 10.4. The molecule has 0 bridgehead atoms. The van der Waals surface area contributed by atoms with Crippen LogP contribution in [0.5, 0.6) is 0 Å². The monoisotopic (exact) mass is 556 g/mol. The van der Waals surface area contributed by atoms with E-state index in [4.69, 9.17) is 10.4 Å². The van der Waals surface area contributed by atoms with Gasteiger partial charge in [-0.25, -0.2) is 0 Å². The summed E-state index contributed by atoms with van der Waals surface area (Å²) < 4.78 is 1.90. The van der Waals surface area contributed by atoms with Crippen LogP contribution in [0.2, 0.25) is 0 Å². The van der Waals surface area contributed by atoms with Crippen LogP contribution in [0.1, 0.15) is 82.2 Å². The molecule has 1 aromatic heterocycles. The number of aryl methyl sites for hydroxylation is 3. The SMILES string of the molecule is Cc1ccc(C(=O)Cn2c3c(sc2=N)CCCC3)cc1.Cc1ccc(C2CN=C3SC4=C(CCCC4)N32)cc1. The molecule has 4 aliphatic rings. The van der Waals surface area contributed by atoms with E-state index in [9.17, 15) is 4.79 Å². The van der Waals surface area contributed by atoms with Gasteiger partial charge in [0.15, 0.2) is 15.8 Å². The lowest BCUT2D eigenvalue weighted by Crippen LogP contribution is -2.26. The minimum Gasteiger partial charge on any atom is -0.315 e. The summed E-state index contributed by atoms with van der Waals surface area (Å²) in [5, 5.41) is 9.33. The minimum absolute atomic E-state index is 0.0923. The Balaban J connectivity index is 0.000000142. The van der Waals surface area contributed by atoms with E-state index < -0.39 is 0 Å². The molecule has 0 saturated carbocycles. The quantitative estimate of drug-likeness (QED) is 0.342. The van der Waals surface area contributed by atoms with Crippen LogP contribution < -0.4 is 4.80 Å². The van der Waals surface area contributed by atoms with Crippen LogP contribution in [0.25, 0.3) is 0 Å². The number of thioether (sulfide) groups is 1. The molecule has 7 rings (SSSR count). The zero-order chi connectivity index (χ0) is 26.9. The highest BCUT2D eigenvalue weighted by atomic mass is 32.2. The van der Waals surface area contributed by atoms with E-state index >= 15 is 0 Å². The molecular weight excluding hydrogens is 521 g/mol. The molecule has 0 spiro atoms. The molecule has 7 heteroatoms. The number of aromatic nitrogens is 1. The molecule has 0 saturated heterocycles. The molecule has 202 valence electrons. The number of ketones is 1. The third-order valence-electron chi connectivity index (χ3n) is 8.13. The van der Waals surface area contributed by atoms with Gasteiger partial charge in [0.05, 0.1) is 19.1 Å². The molecule has 39 heavy (non-hydrogen) atoms. The maximum absolute atomic E-state index is 12.4. The standard InChI is InChI=1S/C16H18N2OS.C16H18N2S/c1-11-6-8-12(9-7-11)14(19)10-18-13-4-2-3-5-15(13)20-16(18)17;1-11-6-8-12(9-7-11)14-10-17-16-18(14)13-4-2-3-5-15(13)19-16/h6-9,17H,2-5,10H2,1H3;6-9,14H,2-5,10H2,1H3. The number of fused-ring (bicyclic) bond motifs is 3. The van der Waals surface area contributed by atoms with E-state index in [2.05, 4.69) is 36.1 Å². The fourth-order valence-electron chi connectivity index (χ4n) is 5.91. The lowest BCUT2D eigenvalue weighted by Gasteiger charge is -2.27. The van der Waals surface area contributed by atoms with Crippen LogP contribution in [0.3, 0.4) is 0 Å². The number of aliphatic imine (C=N–C) groups is 1. The fraction of sp³-hybridized carbons (Fsp3) is 0.406. The summed E-state index contributed by atoms with van der Waals surface area (Å²) in [6, 6.07) is 17.1. The van der Waals surface area contributed by atoms with Crippen molar-refractivity contribution in [3.05, 3.63) is 96.8 Å². The molecule has 1 atom stereocenters. The van der Waals surface area contributed by atoms with E-state index in [1.165, 1.54) is 76.7 Å². The van der Waals surface area contributed by atoms with Crippen molar-refractivity contribution in [2.24, 2.45) is 4.99 Å². The van der Waals surface area contributed by atoms with E-state index in [-0.39, 0.29) is 5.78 Å². The Hall–Kier alpha value is -2.90. The lowest BCUT2D eigenvalue weighted by atomic mass is 10.00. The average molecular weight is 557 g/mol. The first-order valence-electron chi connectivity index (χ1n) is 14.1. The number of allylic oxidation sites excluding steroid dienone is 2. The Kier molecular flexibility index (Phi) is 7.63. The van der Waals surface area contributed by atoms with Gasteiger partial charge in [0, 0.05) is 26.7 Å². The lowest BCUT2D eigenvalue weighted by molar-refractivity contribution is 0.0969. The minimum atomic E-state index is 0.0923. The van der Waals surface area contributed by atoms with Gasteiger partial charge in [-0.05, 0) is 70.8 Å². The number of rotatable bonds is 4. The summed E-state index contributed by atoms with van der Waals surface area (Å²) in [4.78, 5) is 23.0. The summed E-state index contributed by atoms with van der Waals surface area (Å²) in [6.45, 7) is 5.38. The van der Waals surface area contributed by atoms with Crippen molar-refractivity contribution in [1.82, 2.24) is 9.47 Å². The number of nitrogens with zero attached hydrogens (tertiary/aromatic N) is 3. The van der Waals surface area contributed by atoms with Gasteiger partial charge in [-0.15, -0.1) is 11.3 Å². The fourth-order valence-corrected chi connectivity index (χ4v) is 8.27. The molecule has 3 aromatic rings. The summed E-state index contributed by atoms with van der Waals surface area (Å²) in [7, 11) is 0. The maximum Gasteiger partial charge on any atom is 0.182 e. The number of amidine groups is 1. The van der Waals surface area contributed by atoms with Crippen molar-refractivity contribution in [1.29, 1.82) is 5.41 Å². The highest BCUT2D eigenvalue weighted by molar-refractivity contribution is 8.17. The van der Waals surface area contributed by atoms with Crippen molar-refractivity contribution in [2.75, 3.05) is 6.54 Å². The number of carbonyl (C=O) groups excluding carboxylic acids is 1. The van der Waals surface area contributed by atoms with Gasteiger partial charge in [0.2, 0.25) is 0 Å². The molecule has 2 aliphatic carbocycles. The van der Waals surface area contributed by atoms with Crippen molar-refractivity contribution in [2.45, 2.75) is 77.8 Å². The first kappa shape index (κ1) is 26.3. The second-order valence-corrected chi connectivity index (χ2v) is 13.1. The predicted molar refractivity (Wildman–Crippen MR) is 161 cm³/mol. The molecule has 2 aromatic carbocycles. The Morgan fingerprint density at radius 2 is 1.59 bits per heavy atom. The van der Waals surface area contributed by atoms with Crippen molar-refractivity contribution >= 4 is 34.0 Å². The number of hydrogen-bond donors (Lipinski definition) is 1. The predicted octanol–water partition coefficient (Wildman–Crippen LogP) is 7.34. The normalized spacial score (nSPS) is 19.6. The molecule has 1 unspecified atom stereocenters. The summed E-state index contributed by atoms with van der Waals surface area (Å²) in [5.41, 5.74) is 7.41. The molecule has 0 amide bonds. The second-order valence-electron chi connectivity index (χ2n) is 11.0. The molecular formula is C32H36N4OS2. The first-order valence-corrected chi connectivity index (χ1v) is 15.8. The molecule has 5 nitrogen and oxygen atoms in total. The van der Waals surface area contributed by atoms with Crippen LogP contribution in [0, 0.1) is 19.3 Å². The zero-order valence-electron chi connectivity index (χ0n) is 22.8. The summed E-state index contributed by atoms with van der Waals surface area (Å²) >= 11 is 3.46. The van der Waals surface area contributed by atoms with Crippen LogP contribution in [-0.2, 0) is 19.4 Å². The van der Waals surface area contributed by atoms with Crippen LogP contribution in [0.15, 0.2) is 64.1 Å². The number of carbonyl (C=O) groups is 1. The number of Topliss-reactive ketones (excluding diaryl/α,β-unsaturated/α-hetero) is 1. The third kappa shape index (κ3) is 5.44. The van der Waals surface area contributed by atoms with Gasteiger partial charge < -0.3 is 9.47 Å². The van der Waals surface area contributed by atoms with Crippen LogP contribution >= 0.6 is 23.1 Å². The Morgan fingerprint density at radius 3 is 2.36 bits per heavy atom. The van der Waals surface area contributed by atoms with Gasteiger partial charge >= 0.3 is 0 Å². The van der Waals surface area contributed by atoms with Gasteiger partial charge in [0.25, 0.3) is 0 Å². The molecule has 2 aliphatic heterocycles. The topological polar surface area (TPSA) is 61.5 Å². The number of nitrogens with one attached hydrogen (secondary N) is 1. The Morgan fingerprint density at radius 1 is 0.923 bits per heavy atom. The highest BCUT2D eigenvalue weighted by Crippen LogP contribution is 2.48. The smallest absolute Gasteiger partial charge is 0.182 e. The van der Waals surface area contributed by atoms with E-state index in [0.29, 0.717) is 17.4 Å². The van der Waals surface area contributed by atoms with Crippen LogP contribution in [0.4, 0.5) is 0 Å². The van der Waals surface area contributed by atoms with Crippen molar-refractivity contribution in [3.8, 4) is 0 Å². The first-order chi connectivity index (χ1) is 19.0.